The third-order valence-corrected chi connectivity index (χ3v) is 5.64. The number of amides is 2. The van der Waals surface area contributed by atoms with E-state index in [0.717, 1.165) is 17.3 Å². The second-order valence-corrected chi connectivity index (χ2v) is 8.05. The van der Waals surface area contributed by atoms with Crippen molar-refractivity contribution in [1.29, 1.82) is 0 Å². The molecular weight excluding hydrogens is 432 g/mol. The highest BCUT2D eigenvalue weighted by Crippen LogP contribution is 2.34. The maximum absolute atomic E-state index is 12.7. The molecule has 1 N–H and O–H groups in total. The lowest BCUT2D eigenvalue weighted by Gasteiger charge is -2.14. The number of nitrogens with one attached hydrogen (secondary N) is 1. The van der Waals surface area contributed by atoms with Gasteiger partial charge in [-0.25, -0.2) is 0 Å². The van der Waals surface area contributed by atoms with Crippen LogP contribution in [-0.4, -0.2) is 41.8 Å². The Hall–Kier alpha value is -2.55. The van der Waals surface area contributed by atoms with Gasteiger partial charge in [0.1, 0.15) is 10.9 Å². The number of hydrogen-bond donors (Lipinski definition) is 1. The van der Waals surface area contributed by atoms with Gasteiger partial charge in [0.2, 0.25) is 5.91 Å². The molecule has 1 aliphatic heterocycles. The molecule has 0 unspecified atom stereocenters. The molecule has 0 radical (unpaired) electrons. The predicted octanol–water partition coefficient (Wildman–Crippen LogP) is 4.20. The molecule has 1 heterocycles. The molecular formula is C20H17ClN2O4S2. The van der Waals surface area contributed by atoms with Crippen LogP contribution >= 0.6 is 35.6 Å². The van der Waals surface area contributed by atoms with Crippen molar-refractivity contribution in [2.75, 3.05) is 26.1 Å². The van der Waals surface area contributed by atoms with E-state index in [1.807, 2.05) is 0 Å². The van der Waals surface area contributed by atoms with Gasteiger partial charge in [-0.1, -0.05) is 41.6 Å². The maximum atomic E-state index is 12.7. The molecule has 2 aromatic carbocycles. The lowest BCUT2D eigenvalue weighted by molar-refractivity contribution is -0.126. The van der Waals surface area contributed by atoms with Crippen LogP contribution in [0.15, 0.2) is 47.4 Å². The number of halogens is 1. The van der Waals surface area contributed by atoms with Crippen molar-refractivity contribution in [2.45, 2.75) is 0 Å². The van der Waals surface area contributed by atoms with Crippen molar-refractivity contribution >= 4 is 63.5 Å². The van der Waals surface area contributed by atoms with Crippen molar-refractivity contribution in [1.82, 2.24) is 4.90 Å². The Kier molecular flexibility index (Phi) is 6.79. The van der Waals surface area contributed by atoms with E-state index in [1.165, 1.54) is 4.90 Å². The summed E-state index contributed by atoms with van der Waals surface area (Å²) in [5, 5.41) is 3.29. The molecule has 2 amide bonds. The highest BCUT2D eigenvalue weighted by molar-refractivity contribution is 8.26. The smallest absolute Gasteiger partial charge is 0.266 e. The first-order valence-electron chi connectivity index (χ1n) is 8.44. The fourth-order valence-electron chi connectivity index (χ4n) is 2.61. The number of nitrogens with zero attached hydrogens (tertiary/aromatic N) is 1. The quantitative estimate of drug-likeness (QED) is 0.527. The zero-order valence-corrected chi connectivity index (χ0v) is 18.0. The zero-order chi connectivity index (χ0) is 21.0. The van der Waals surface area contributed by atoms with E-state index >= 15 is 0 Å². The molecule has 6 nitrogen and oxygen atoms in total. The summed E-state index contributed by atoms with van der Waals surface area (Å²) in [5.41, 5.74) is 1.35. The summed E-state index contributed by atoms with van der Waals surface area (Å²) in [6.45, 7) is -0.170. The van der Waals surface area contributed by atoms with Crippen LogP contribution in [0.25, 0.3) is 6.08 Å². The van der Waals surface area contributed by atoms with Crippen molar-refractivity contribution in [3.8, 4) is 11.5 Å². The average molecular weight is 449 g/mol. The third kappa shape index (κ3) is 5.09. The van der Waals surface area contributed by atoms with Crippen LogP contribution in [0.3, 0.4) is 0 Å². The van der Waals surface area contributed by atoms with E-state index in [2.05, 4.69) is 5.32 Å². The average Bonchev–Trinajstić information content (AvgIpc) is 2.97. The van der Waals surface area contributed by atoms with E-state index < -0.39 is 0 Å². The molecule has 9 heteroatoms. The minimum Gasteiger partial charge on any atom is -0.493 e. The van der Waals surface area contributed by atoms with Gasteiger partial charge < -0.3 is 14.8 Å². The first kappa shape index (κ1) is 21.2. The van der Waals surface area contributed by atoms with Crippen LogP contribution in [0, 0.1) is 0 Å². The van der Waals surface area contributed by atoms with Gasteiger partial charge in [0.25, 0.3) is 5.91 Å². The number of hydrogen-bond acceptors (Lipinski definition) is 6. The first-order chi connectivity index (χ1) is 13.9. The van der Waals surface area contributed by atoms with E-state index in [-0.39, 0.29) is 18.4 Å². The molecule has 0 saturated carbocycles. The van der Waals surface area contributed by atoms with Crippen LogP contribution in [0.5, 0.6) is 11.5 Å². The molecule has 2 aromatic rings. The van der Waals surface area contributed by atoms with Crippen molar-refractivity contribution in [2.24, 2.45) is 0 Å². The number of thiocarbonyl (C=S) groups is 1. The van der Waals surface area contributed by atoms with Gasteiger partial charge in [-0.05, 0) is 48.0 Å². The van der Waals surface area contributed by atoms with E-state index in [9.17, 15) is 9.59 Å². The number of benzene rings is 2. The summed E-state index contributed by atoms with van der Waals surface area (Å²) >= 11 is 12.3. The van der Waals surface area contributed by atoms with Crippen LogP contribution in [0.4, 0.5) is 5.69 Å². The number of rotatable bonds is 6. The summed E-state index contributed by atoms with van der Waals surface area (Å²) in [7, 11) is 3.10. The molecule has 1 saturated heterocycles. The Morgan fingerprint density at radius 1 is 1.17 bits per heavy atom. The predicted molar refractivity (Wildman–Crippen MR) is 120 cm³/mol. The highest BCUT2D eigenvalue weighted by Gasteiger charge is 2.33. The summed E-state index contributed by atoms with van der Waals surface area (Å²) in [5.74, 6) is 0.479. The molecule has 0 aliphatic carbocycles. The Morgan fingerprint density at radius 2 is 1.86 bits per heavy atom. The van der Waals surface area contributed by atoms with Crippen molar-refractivity contribution in [3.05, 3.63) is 58.0 Å². The van der Waals surface area contributed by atoms with E-state index in [0.29, 0.717) is 31.4 Å². The summed E-state index contributed by atoms with van der Waals surface area (Å²) < 4.78 is 10.8. The molecule has 0 spiro atoms. The Morgan fingerprint density at radius 3 is 2.52 bits per heavy atom. The fourth-order valence-corrected chi connectivity index (χ4v) is 3.99. The van der Waals surface area contributed by atoms with Crippen LogP contribution in [0.2, 0.25) is 5.02 Å². The monoisotopic (exact) mass is 448 g/mol. The van der Waals surface area contributed by atoms with E-state index in [4.69, 9.17) is 33.3 Å². The molecule has 0 aromatic heterocycles. The second-order valence-electron chi connectivity index (χ2n) is 5.94. The molecule has 1 fully saturated rings. The number of thioether (sulfide) groups is 1. The van der Waals surface area contributed by atoms with Crippen LogP contribution in [0.1, 0.15) is 5.56 Å². The highest BCUT2D eigenvalue weighted by atomic mass is 35.5. The Bertz CT molecular complexity index is 992. The summed E-state index contributed by atoms with van der Waals surface area (Å²) in [6.07, 6.45) is 1.71. The standard InChI is InChI=1S/C20H17ClN2O4S2/c1-26-15-8-3-12(9-16(15)27-2)10-17-19(25)23(20(28)29-17)11-18(24)22-14-6-4-13(21)5-7-14/h3-10H,11H2,1-2H3,(H,22,24)/b17-10-. The van der Waals surface area contributed by atoms with Gasteiger partial charge in [0.15, 0.2) is 11.5 Å². The van der Waals surface area contributed by atoms with Gasteiger partial charge >= 0.3 is 0 Å². The van der Waals surface area contributed by atoms with E-state index in [1.54, 1.807) is 62.8 Å². The van der Waals surface area contributed by atoms with Gasteiger partial charge in [-0.2, -0.15) is 0 Å². The number of ether oxygens (including phenoxy) is 2. The zero-order valence-electron chi connectivity index (χ0n) is 15.6. The van der Waals surface area contributed by atoms with Crippen LogP contribution < -0.4 is 14.8 Å². The Balaban J connectivity index is 1.71. The number of methoxy groups -OCH3 is 2. The summed E-state index contributed by atoms with van der Waals surface area (Å²) in [6, 6.07) is 12.0. The van der Waals surface area contributed by atoms with Crippen molar-refractivity contribution in [3.63, 3.8) is 0 Å². The minimum absolute atomic E-state index is 0.170. The van der Waals surface area contributed by atoms with Crippen molar-refractivity contribution < 1.29 is 19.1 Å². The molecule has 0 atom stereocenters. The first-order valence-corrected chi connectivity index (χ1v) is 10.0. The molecule has 1 aliphatic rings. The second kappa shape index (κ2) is 9.30. The topological polar surface area (TPSA) is 67.9 Å². The largest absolute Gasteiger partial charge is 0.493 e. The normalized spacial score (nSPS) is 15.0. The van der Waals surface area contributed by atoms with Gasteiger partial charge in [0, 0.05) is 10.7 Å². The van der Waals surface area contributed by atoms with Crippen LogP contribution in [-0.2, 0) is 9.59 Å². The number of carbonyl (C=O) groups is 2. The number of anilines is 1. The van der Waals surface area contributed by atoms with Gasteiger partial charge in [0.05, 0.1) is 19.1 Å². The lowest BCUT2D eigenvalue weighted by atomic mass is 10.2. The minimum atomic E-state index is -0.351. The SMILES string of the molecule is COc1ccc(/C=C2\SC(=S)N(CC(=O)Nc3ccc(Cl)cc3)C2=O)cc1OC. The fraction of sp³-hybridized carbons (Fsp3) is 0.150. The lowest BCUT2D eigenvalue weighted by Crippen LogP contribution is -2.36. The molecule has 150 valence electrons. The molecule has 0 bridgehead atoms. The van der Waals surface area contributed by atoms with Gasteiger partial charge in [-0.3, -0.25) is 14.5 Å². The molecule has 29 heavy (non-hydrogen) atoms. The summed E-state index contributed by atoms with van der Waals surface area (Å²) in [4.78, 5) is 26.7. The third-order valence-electron chi connectivity index (χ3n) is 4.01. The number of carbonyl (C=O) groups excluding carboxylic acids is 2. The van der Waals surface area contributed by atoms with Gasteiger partial charge in [-0.15, -0.1) is 0 Å². The molecule has 3 rings (SSSR count). The Labute approximate surface area is 182 Å². The maximum Gasteiger partial charge on any atom is 0.266 e.